The number of aromatic nitrogens is 2. The van der Waals surface area contributed by atoms with Crippen molar-refractivity contribution in [1.29, 1.82) is 5.26 Å². The minimum atomic E-state index is -0.646. The lowest BCUT2D eigenvalue weighted by Crippen LogP contribution is -2.21. The smallest absolute Gasteiger partial charge is 0.244 e. The first kappa shape index (κ1) is 20.4. The number of rotatable bonds is 5. The molecule has 3 N–H and O–H groups in total. The highest BCUT2D eigenvalue weighted by Crippen LogP contribution is 2.50. The number of hydrogen-bond donors (Lipinski definition) is 2. The van der Waals surface area contributed by atoms with E-state index in [0.29, 0.717) is 45.6 Å². The fourth-order valence-electron chi connectivity index (χ4n) is 4.11. The number of benzene rings is 2. The number of allylic oxidation sites excluding steroid dienone is 1. The molecule has 0 saturated carbocycles. The minimum absolute atomic E-state index is 0.0319. The van der Waals surface area contributed by atoms with Crippen molar-refractivity contribution < 1.29 is 28.4 Å². The highest BCUT2D eigenvalue weighted by atomic mass is 16.7. The lowest BCUT2D eigenvalue weighted by atomic mass is 9.82. The summed E-state index contributed by atoms with van der Waals surface area (Å²) in [6, 6.07) is 11.2. The summed E-state index contributed by atoms with van der Waals surface area (Å²) in [5, 5.41) is 17.3. The van der Waals surface area contributed by atoms with E-state index in [1.807, 2.05) is 18.2 Å². The molecule has 3 heterocycles. The second kappa shape index (κ2) is 7.87. The predicted octanol–water partition coefficient (Wildman–Crippen LogP) is 3.05. The van der Waals surface area contributed by atoms with Crippen LogP contribution in [0.1, 0.15) is 17.0 Å². The third kappa shape index (κ3) is 3.13. The van der Waals surface area contributed by atoms with E-state index in [2.05, 4.69) is 16.3 Å². The Kier molecular flexibility index (Phi) is 4.86. The van der Waals surface area contributed by atoms with Crippen LogP contribution in [0.15, 0.2) is 41.8 Å². The van der Waals surface area contributed by atoms with Crippen LogP contribution >= 0.6 is 0 Å². The van der Waals surface area contributed by atoms with E-state index in [9.17, 15) is 5.26 Å². The van der Waals surface area contributed by atoms with Gasteiger partial charge in [0.25, 0.3) is 0 Å². The van der Waals surface area contributed by atoms with Crippen LogP contribution in [0.2, 0.25) is 0 Å². The first-order chi connectivity index (χ1) is 16.1. The molecule has 0 radical (unpaired) electrons. The first-order valence-electron chi connectivity index (χ1n) is 9.95. The Morgan fingerprint density at radius 2 is 1.76 bits per heavy atom. The summed E-state index contributed by atoms with van der Waals surface area (Å²) in [4.78, 5) is 0. The van der Waals surface area contributed by atoms with Crippen LogP contribution in [0.5, 0.6) is 34.6 Å². The zero-order valence-electron chi connectivity index (χ0n) is 18.1. The van der Waals surface area contributed by atoms with E-state index in [1.54, 1.807) is 12.1 Å². The van der Waals surface area contributed by atoms with Gasteiger partial charge in [-0.1, -0.05) is 0 Å². The van der Waals surface area contributed by atoms with Crippen LogP contribution in [-0.2, 0) is 0 Å². The monoisotopic (exact) mass is 448 g/mol. The van der Waals surface area contributed by atoms with Crippen molar-refractivity contribution in [3.63, 3.8) is 0 Å². The van der Waals surface area contributed by atoms with E-state index >= 15 is 0 Å². The van der Waals surface area contributed by atoms with E-state index in [-0.39, 0.29) is 24.1 Å². The van der Waals surface area contributed by atoms with Gasteiger partial charge in [-0.05, 0) is 24.3 Å². The third-order valence-electron chi connectivity index (χ3n) is 5.65. The molecule has 3 aromatic rings. The third-order valence-corrected chi connectivity index (χ3v) is 5.65. The van der Waals surface area contributed by atoms with Gasteiger partial charge in [-0.25, -0.2) is 0 Å². The molecule has 2 aliphatic rings. The topological polar surface area (TPSA) is 134 Å². The Bertz CT molecular complexity index is 1320. The fourth-order valence-corrected chi connectivity index (χ4v) is 4.11. The Hall–Kier alpha value is -4.52. The van der Waals surface area contributed by atoms with Gasteiger partial charge in [0, 0.05) is 17.2 Å². The van der Waals surface area contributed by atoms with Crippen LogP contribution in [0, 0.1) is 11.3 Å². The Labute approximate surface area is 189 Å². The predicted molar refractivity (Wildman–Crippen MR) is 116 cm³/mol. The molecule has 2 aromatic carbocycles. The van der Waals surface area contributed by atoms with Gasteiger partial charge in [0.05, 0.1) is 38.5 Å². The highest BCUT2D eigenvalue weighted by molar-refractivity contribution is 5.74. The van der Waals surface area contributed by atoms with Crippen LogP contribution in [-0.4, -0.2) is 38.3 Å². The van der Waals surface area contributed by atoms with Crippen LogP contribution in [0.4, 0.5) is 0 Å². The lowest BCUT2D eigenvalue weighted by Gasteiger charge is -2.26. The molecule has 10 heteroatoms. The van der Waals surface area contributed by atoms with E-state index < -0.39 is 5.92 Å². The number of fused-ring (bicyclic) bond motifs is 2. The van der Waals surface area contributed by atoms with Gasteiger partial charge in [-0.3, -0.25) is 5.10 Å². The maximum Gasteiger partial charge on any atom is 0.244 e. The van der Waals surface area contributed by atoms with Gasteiger partial charge in [0.1, 0.15) is 17.4 Å². The molecule has 0 unspecified atom stereocenters. The summed E-state index contributed by atoms with van der Waals surface area (Å²) in [5.41, 5.74) is 9.03. The Balaban J connectivity index is 1.74. The van der Waals surface area contributed by atoms with Crippen molar-refractivity contribution in [2.45, 2.75) is 5.92 Å². The quantitative estimate of drug-likeness (QED) is 0.604. The van der Waals surface area contributed by atoms with E-state index in [1.165, 1.54) is 21.3 Å². The van der Waals surface area contributed by atoms with E-state index in [4.69, 9.17) is 34.2 Å². The second-order valence-electron chi connectivity index (χ2n) is 7.26. The molecular formula is C23H20N4O6. The largest absolute Gasteiger partial charge is 0.496 e. The first-order valence-corrected chi connectivity index (χ1v) is 9.95. The SMILES string of the molecule is COc1cc(OC)c([C@@H]2C(C#N)=C(N)Oc3n[nH]c(-c4ccc5c(c4)OCO5)c32)cc1OC. The molecule has 1 atom stereocenters. The summed E-state index contributed by atoms with van der Waals surface area (Å²) in [7, 11) is 4.61. The molecule has 0 aliphatic carbocycles. The molecule has 5 rings (SSSR count). The van der Waals surface area contributed by atoms with Crippen molar-refractivity contribution in [2.75, 3.05) is 28.1 Å². The summed E-state index contributed by atoms with van der Waals surface area (Å²) >= 11 is 0. The average molecular weight is 448 g/mol. The van der Waals surface area contributed by atoms with E-state index in [0.717, 1.165) is 5.56 Å². The number of H-pyrrole nitrogens is 1. The van der Waals surface area contributed by atoms with Crippen molar-refractivity contribution in [3.05, 3.63) is 52.9 Å². The number of nitriles is 1. The molecule has 1 aromatic heterocycles. The molecule has 0 fully saturated rings. The highest BCUT2D eigenvalue weighted by Gasteiger charge is 2.38. The normalized spacial score (nSPS) is 16.0. The summed E-state index contributed by atoms with van der Waals surface area (Å²) < 4.78 is 33.2. The number of aromatic amines is 1. The molecule has 33 heavy (non-hydrogen) atoms. The molecule has 0 bridgehead atoms. The molecule has 10 nitrogen and oxygen atoms in total. The molecule has 2 aliphatic heterocycles. The Morgan fingerprint density at radius 3 is 2.48 bits per heavy atom. The number of nitrogens with one attached hydrogen (secondary N) is 1. The average Bonchev–Trinajstić information content (AvgIpc) is 3.48. The van der Waals surface area contributed by atoms with Crippen LogP contribution < -0.4 is 34.2 Å². The van der Waals surface area contributed by atoms with Gasteiger partial charge in [0.15, 0.2) is 23.0 Å². The molecular weight excluding hydrogens is 428 g/mol. The van der Waals surface area contributed by atoms with Crippen LogP contribution in [0.25, 0.3) is 11.3 Å². The van der Waals surface area contributed by atoms with Crippen molar-refractivity contribution in [2.24, 2.45) is 5.73 Å². The van der Waals surface area contributed by atoms with Crippen molar-refractivity contribution in [3.8, 4) is 52.0 Å². The number of ether oxygens (including phenoxy) is 6. The van der Waals surface area contributed by atoms with Gasteiger partial charge >= 0.3 is 0 Å². The number of hydrogen-bond acceptors (Lipinski definition) is 9. The fraction of sp³-hybridized carbons (Fsp3) is 0.217. The van der Waals surface area contributed by atoms with Crippen molar-refractivity contribution >= 4 is 0 Å². The standard InChI is InChI=1S/C23H20N4O6/c1-28-15-8-17(30-3)16(29-2)7-12(15)19-13(9-24)22(25)33-23-20(19)21(26-27-23)11-4-5-14-18(6-11)32-10-31-14/h4-8,19H,10,25H2,1-3H3,(H,26,27)/t19-/m1/s1. The molecule has 0 amide bonds. The van der Waals surface area contributed by atoms with Gasteiger partial charge < -0.3 is 34.2 Å². The number of nitrogens with zero attached hydrogens (tertiary/aromatic N) is 2. The summed E-state index contributed by atoms with van der Waals surface area (Å²) in [6.45, 7) is 0.159. The molecule has 168 valence electrons. The minimum Gasteiger partial charge on any atom is -0.496 e. The zero-order chi connectivity index (χ0) is 23.1. The van der Waals surface area contributed by atoms with Crippen LogP contribution in [0.3, 0.4) is 0 Å². The van der Waals surface area contributed by atoms with Gasteiger partial charge in [0.2, 0.25) is 18.6 Å². The zero-order valence-corrected chi connectivity index (χ0v) is 18.1. The number of nitrogens with two attached hydrogens (primary N) is 1. The van der Waals surface area contributed by atoms with Gasteiger partial charge in [-0.15, -0.1) is 5.10 Å². The molecule has 0 saturated heterocycles. The van der Waals surface area contributed by atoms with Crippen molar-refractivity contribution in [1.82, 2.24) is 10.2 Å². The lowest BCUT2D eigenvalue weighted by molar-refractivity contribution is 0.174. The second-order valence-corrected chi connectivity index (χ2v) is 7.26. The van der Waals surface area contributed by atoms with Gasteiger partial charge in [-0.2, -0.15) is 5.26 Å². The maximum absolute atomic E-state index is 10.0. The maximum atomic E-state index is 10.0. The summed E-state index contributed by atoms with van der Waals surface area (Å²) in [5.74, 6) is 2.31. The number of methoxy groups -OCH3 is 3. The Morgan fingerprint density at radius 1 is 1.03 bits per heavy atom. The molecule has 0 spiro atoms. The summed E-state index contributed by atoms with van der Waals surface area (Å²) in [6.07, 6.45) is 0.